The van der Waals surface area contributed by atoms with Crippen LogP contribution in [0.3, 0.4) is 0 Å². The number of halogens is 2. The van der Waals surface area contributed by atoms with E-state index in [1.54, 1.807) is 23.2 Å². The first kappa shape index (κ1) is 19.9. The molecule has 6 heteroatoms. The molecule has 1 amide bonds. The van der Waals surface area contributed by atoms with Gasteiger partial charge in [-0.3, -0.25) is 9.69 Å². The molecule has 1 atom stereocenters. The minimum atomic E-state index is -0.0954. The van der Waals surface area contributed by atoms with Crippen molar-refractivity contribution in [2.45, 2.75) is 18.9 Å². The summed E-state index contributed by atoms with van der Waals surface area (Å²) in [5.41, 5.74) is 2.68. The molecule has 0 radical (unpaired) electrons. The number of nitrogens with zero attached hydrogens (tertiary/aromatic N) is 2. The molecule has 3 aromatic rings. The van der Waals surface area contributed by atoms with Gasteiger partial charge in [-0.05, 0) is 66.9 Å². The van der Waals surface area contributed by atoms with E-state index in [9.17, 15) is 4.79 Å². The lowest BCUT2D eigenvalue weighted by molar-refractivity contribution is 0.0971. The highest BCUT2D eigenvalue weighted by atomic mass is 35.5. The molecule has 0 unspecified atom stereocenters. The number of amides is 1. The molecule has 4 nitrogen and oxygen atoms in total. The Hall–Kier alpha value is -2.40. The van der Waals surface area contributed by atoms with Crippen molar-refractivity contribution in [2.75, 3.05) is 18.0 Å². The zero-order chi connectivity index (χ0) is 20.2. The van der Waals surface area contributed by atoms with Crippen LogP contribution < -0.4 is 10.2 Å². The first-order chi connectivity index (χ1) is 14.1. The third-order valence-electron chi connectivity index (χ3n) is 5.13. The van der Waals surface area contributed by atoms with E-state index >= 15 is 0 Å². The Balaban J connectivity index is 1.65. The van der Waals surface area contributed by atoms with Gasteiger partial charge in [-0.25, -0.2) is 4.98 Å². The first-order valence-corrected chi connectivity index (χ1v) is 10.4. The maximum absolute atomic E-state index is 13.5. The first-order valence-electron chi connectivity index (χ1n) is 9.64. The molecule has 1 aliphatic rings. The van der Waals surface area contributed by atoms with Crippen molar-refractivity contribution in [3.05, 3.63) is 82.5 Å². The highest BCUT2D eigenvalue weighted by Gasteiger charge is 2.30. The van der Waals surface area contributed by atoms with E-state index in [1.165, 1.54) is 0 Å². The van der Waals surface area contributed by atoms with E-state index in [4.69, 9.17) is 23.2 Å². The Morgan fingerprint density at radius 1 is 1.00 bits per heavy atom. The molecular weight excluding hydrogens is 405 g/mol. The Kier molecular flexibility index (Phi) is 6.14. The quantitative estimate of drug-likeness (QED) is 0.603. The highest BCUT2D eigenvalue weighted by Crippen LogP contribution is 2.29. The van der Waals surface area contributed by atoms with Gasteiger partial charge in [-0.1, -0.05) is 47.5 Å². The molecule has 2 heterocycles. The number of benzene rings is 2. The summed E-state index contributed by atoms with van der Waals surface area (Å²) in [5.74, 6) is 0.414. The van der Waals surface area contributed by atoms with E-state index in [0.29, 0.717) is 21.4 Å². The van der Waals surface area contributed by atoms with Gasteiger partial charge >= 0.3 is 0 Å². The van der Waals surface area contributed by atoms with Crippen LogP contribution in [0.25, 0.3) is 11.1 Å². The lowest BCUT2D eigenvalue weighted by atomic mass is 10.0. The van der Waals surface area contributed by atoms with Gasteiger partial charge in [-0.15, -0.1) is 0 Å². The molecule has 1 N–H and O–H groups in total. The predicted molar refractivity (Wildman–Crippen MR) is 119 cm³/mol. The fourth-order valence-corrected chi connectivity index (χ4v) is 3.97. The van der Waals surface area contributed by atoms with Gasteiger partial charge in [0.05, 0.1) is 11.1 Å². The lowest BCUT2D eigenvalue weighted by Gasteiger charge is -2.34. The fourth-order valence-electron chi connectivity index (χ4n) is 3.63. The third kappa shape index (κ3) is 4.45. The van der Waals surface area contributed by atoms with Crippen LogP contribution in [0.4, 0.5) is 5.82 Å². The third-order valence-corrected chi connectivity index (χ3v) is 5.68. The van der Waals surface area contributed by atoms with Gasteiger partial charge in [0.1, 0.15) is 0 Å². The van der Waals surface area contributed by atoms with Crippen molar-refractivity contribution < 1.29 is 4.79 Å². The molecule has 0 spiro atoms. The van der Waals surface area contributed by atoms with Crippen molar-refractivity contribution in [3.8, 4) is 11.1 Å². The van der Waals surface area contributed by atoms with E-state index in [2.05, 4.69) is 10.3 Å². The molecular formula is C23H21Cl2N3O. The number of anilines is 1. The molecule has 1 aromatic heterocycles. The van der Waals surface area contributed by atoms with Gasteiger partial charge in [0, 0.05) is 23.3 Å². The van der Waals surface area contributed by atoms with Gasteiger partial charge in [0.25, 0.3) is 5.91 Å². The maximum Gasteiger partial charge on any atom is 0.259 e. The van der Waals surface area contributed by atoms with Gasteiger partial charge in [0.2, 0.25) is 0 Å². The number of aromatic nitrogens is 1. The number of nitrogens with one attached hydrogen (secondary N) is 1. The van der Waals surface area contributed by atoms with E-state index in [-0.39, 0.29) is 11.9 Å². The zero-order valence-electron chi connectivity index (χ0n) is 15.8. The predicted octanol–water partition coefficient (Wildman–Crippen LogP) is 5.45. The normalized spacial score (nSPS) is 16.4. The summed E-state index contributed by atoms with van der Waals surface area (Å²) in [4.78, 5) is 19.6. The van der Waals surface area contributed by atoms with Crippen LogP contribution in [0.1, 0.15) is 23.2 Å². The summed E-state index contributed by atoms with van der Waals surface area (Å²) in [7, 11) is 0. The Morgan fingerprint density at radius 2 is 1.69 bits per heavy atom. The van der Waals surface area contributed by atoms with Crippen LogP contribution in [-0.2, 0) is 0 Å². The largest absolute Gasteiger partial charge is 0.315 e. The maximum atomic E-state index is 13.5. The van der Waals surface area contributed by atoms with Crippen LogP contribution >= 0.6 is 23.2 Å². The number of piperidine rings is 1. The molecule has 0 saturated carbocycles. The average molecular weight is 426 g/mol. The van der Waals surface area contributed by atoms with Crippen LogP contribution in [0.5, 0.6) is 0 Å². The van der Waals surface area contributed by atoms with Crippen molar-refractivity contribution in [1.82, 2.24) is 10.3 Å². The number of rotatable bonds is 4. The SMILES string of the molecule is O=C(c1ccc(-c2ccc(Cl)cc2)cc1)N(c1ncccc1Cl)[C@@H]1CCCNC1. The van der Waals surface area contributed by atoms with Crippen LogP contribution in [0, 0.1) is 0 Å². The van der Waals surface area contributed by atoms with Crippen LogP contribution in [0.15, 0.2) is 66.9 Å². The number of pyridine rings is 1. The minimum Gasteiger partial charge on any atom is -0.315 e. The van der Waals surface area contributed by atoms with E-state index in [0.717, 1.165) is 37.1 Å². The van der Waals surface area contributed by atoms with E-state index < -0.39 is 0 Å². The van der Waals surface area contributed by atoms with Gasteiger partial charge < -0.3 is 5.32 Å². The molecule has 2 aromatic carbocycles. The average Bonchev–Trinajstić information content (AvgIpc) is 2.77. The zero-order valence-corrected chi connectivity index (χ0v) is 17.3. The molecule has 0 bridgehead atoms. The lowest BCUT2D eigenvalue weighted by Crippen LogP contribution is -2.49. The second kappa shape index (κ2) is 8.95. The minimum absolute atomic E-state index is 0.0135. The molecule has 0 aliphatic carbocycles. The number of carbonyl (C=O) groups is 1. The summed E-state index contributed by atoms with van der Waals surface area (Å²) in [5, 5.41) is 4.55. The Bertz CT molecular complexity index is 984. The second-order valence-electron chi connectivity index (χ2n) is 7.07. The van der Waals surface area contributed by atoms with E-state index in [1.807, 2.05) is 48.5 Å². The van der Waals surface area contributed by atoms with Gasteiger partial charge in [-0.2, -0.15) is 0 Å². The smallest absolute Gasteiger partial charge is 0.259 e. The fraction of sp³-hybridized carbons (Fsp3) is 0.217. The van der Waals surface area contributed by atoms with Crippen LogP contribution in [0.2, 0.25) is 10.0 Å². The Labute approximate surface area is 180 Å². The summed E-state index contributed by atoms with van der Waals surface area (Å²) in [6.45, 7) is 1.69. The van der Waals surface area contributed by atoms with Crippen molar-refractivity contribution in [1.29, 1.82) is 0 Å². The summed E-state index contributed by atoms with van der Waals surface area (Å²) in [6.07, 6.45) is 3.59. The number of hydrogen-bond donors (Lipinski definition) is 1. The Morgan fingerprint density at radius 3 is 2.31 bits per heavy atom. The monoisotopic (exact) mass is 425 g/mol. The topological polar surface area (TPSA) is 45.2 Å². The van der Waals surface area contributed by atoms with Crippen molar-refractivity contribution in [3.63, 3.8) is 0 Å². The molecule has 1 fully saturated rings. The van der Waals surface area contributed by atoms with Crippen LogP contribution in [-0.4, -0.2) is 30.0 Å². The van der Waals surface area contributed by atoms with Gasteiger partial charge in [0.15, 0.2) is 5.82 Å². The summed E-state index contributed by atoms with van der Waals surface area (Å²) >= 11 is 12.4. The standard InChI is InChI=1S/C23H21Cl2N3O/c24-19-11-9-17(10-12-19)16-5-7-18(8-6-16)23(29)28(20-3-1-13-26-15-20)22-21(25)4-2-14-27-22/h2,4-12,14,20,26H,1,3,13,15H2/t20-/m1/s1. The molecule has 148 valence electrons. The molecule has 1 saturated heterocycles. The number of carbonyl (C=O) groups excluding carboxylic acids is 1. The van der Waals surface area contributed by atoms with Crippen molar-refractivity contribution in [2.24, 2.45) is 0 Å². The second-order valence-corrected chi connectivity index (χ2v) is 7.91. The molecule has 4 rings (SSSR count). The highest BCUT2D eigenvalue weighted by molar-refractivity contribution is 6.33. The number of hydrogen-bond acceptors (Lipinski definition) is 3. The summed E-state index contributed by atoms with van der Waals surface area (Å²) in [6, 6.07) is 18.8. The van der Waals surface area contributed by atoms with Crippen molar-refractivity contribution >= 4 is 34.9 Å². The summed E-state index contributed by atoms with van der Waals surface area (Å²) < 4.78 is 0. The molecule has 1 aliphatic heterocycles. The molecule has 29 heavy (non-hydrogen) atoms.